The normalized spacial score (nSPS) is 10.5. The van der Waals surface area contributed by atoms with Gasteiger partial charge in [-0.05, 0) is 30.2 Å². The van der Waals surface area contributed by atoms with Gasteiger partial charge in [0.2, 0.25) is 0 Å². The molecular formula is C18H17N3O2. The first-order valence-electron chi connectivity index (χ1n) is 7.29. The lowest BCUT2D eigenvalue weighted by molar-refractivity contribution is 0.0697. The van der Waals surface area contributed by atoms with Gasteiger partial charge in [-0.1, -0.05) is 36.4 Å². The maximum Gasteiger partial charge on any atom is 0.335 e. The summed E-state index contributed by atoms with van der Waals surface area (Å²) in [5, 5.41) is 16.6. The average molecular weight is 307 g/mol. The maximum absolute atomic E-state index is 11.1. The highest BCUT2D eigenvalue weighted by Crippen LogP contribution is 2.22. The van der Waals surface area contributed by atoms with Gasteiger partial charge in [0.05, 0.1) is 24.0 Å². The van der Waals surface area contributed by atoms with Crippen LogP contribution < -0.4 is 5.32 Å². The number of aryl methyl sites for hydroxylation is 1. The lowest BCUT2D eigenvalue weighted by Crippen LogP contribution is -2.00. The third kappa shape index (κ3) is 3.58. The van der Waals surface area contributed by atoms with Crippen molar-refractivity contribution in [1.82, 2.24) is 9.78 Å². The van der Waals surface area contributed by atoms with Gasteiger partial charge in [0.1, 0.15) is 0 Å². The number of carbonyl (C=O) groups is 1. The van der Waals surface area contributed by atoms with Gasteiger partial charge in [-0.2, -0.15) is 5.10 Å². The molecule has 0 fully saturated rings. The van der Waals surface area contributed by atoms with E-state index in [1.54, 1.807) is 24.4 Å². The highest BCUT2D eigenvalue weighted by atomic mass is 16.4. The first kappa shape index (κ1) is 14.8. The van der Waals surface area contributed by atoms with Crippen LogP contribution in [0.3, 0.4) is 0 Å². The number of carboxylic acid groups (broad SMARTS) is 1. The van der Waals surface area contributed by atoms with E-state index in [4.69, 9.17) is 5.11 Å². The van der Waals surface area contributed by atoms with Crippen molar-refractivity contribution in [2.75, 3.05) is 5.32 Å². The Morgan fingerprint density at radius 1 is 1.22 bits per heavy atom. The summed E-state index contributed by atoms with van der Waals surface area (Å²) in [4.78, 5) is 11.1. The molecule has 0 saturated carbocycles. The van der Waals surface area contributed by atoms with Gasteiger partial charge in [-0.15, -0.1) is 0 Å². The van der Waals surface area contributed by atoms with E-state index in [1.807, 2.05) is 36.0 Å². The predicted molar refractivity (Wildman–Crippen MR) is 89.2 cm³/mol. The molecule has 116 valence electrons. The van der Waals surface area contributed by atoms with Crippen LogP contribution in [0.4, 0.5) is 11.4 Å². The molecule has 0 aliphatic carbocycles. The summed E-state index contributed by atoms with van der Waals surface area (Å²) < 4.78 is 1.84. The van der Waals surface area contributed by atoms with E-state index < -0.39 is 5.97 Å². The molecule has 23 heavy (non-hydrogen) atoms. The molecule has 0 amide bonds. The molecule has 0 aliphatic rings. The summed E-state index contributed by atoms with van der Waals surface area (Å²) >= 11 is 0. The standard InChI is InChI=1S/C18H17N3O2/c1-13-7-8-15(18(22)23)9-17(13)20-16-10-19-21(12-16)11-14-5-3-2-4-6-14/h2-10,12,20H,11H2,1H3,(H,22,23). The molecule has 0 unspecified atom stereocenters. The van der Waals surface area contributed by atoms with Crippen LogP contribution >= 0.6 is 0 Å². The Bertz CT molecular complexity index is 825. The first-order valence-corrected chi connectivity index (χ1v) is 7.29. The van der Waals surface area contributed by atoms with Crippen LogP contribution in [-0.2, 0) is 6.54 Å². The van der Waals surface area contributed by atoms with E-state index in [9.17, 15) is 4.79 Å². The number of benzene rings is 2. The van der Waals surface area contributed by atoms with Crippen molar-refractivity contribution in [2.45, 2.75) is 13.5 Å². The molecule has 5 nitrogen and oxygen atoms in total. The van der Waals surface area contributed by atoms with E-state index >= 15 is 0 Å². The number of hydrogen-bond donors (Lipinski definition) is 2. The van der Waals surface area contributed by atoms with Crippen LogP contribution in [-0.4, -0.2) is 20.9 Å². The van der Waals surface area contributed by atoms with Crippen molar-refractivity contribution < 1.29 is 9.90 Å². The van der Waals surface area contributed by atoms with E-state index in [0.29, 0.717) is 6.54 Å². The smallest absolute Gasteiger partial charge is 0.335 e. The number of aromatic nitrogens is 2. The lowest BCUT2D eigenvalue weighted by Gasteiger charge is -2.08. The zero-order valence-electron chi connectivity index (χ0n) is 12.7. The molecule has 0 saturated heterocycles. The van der Waals surface area contributed by atoms with Gasteiger partial charge in [0.15, 0.2) is 0 Å². The molecule has 0 radical (unpaired) electrons. The minimum Gasteiger partial charge on any atom is -0.478 e. The van der Waals surface area contributed by atoms with Crippen molar-refractivity contribution >= 4 is 17.3 Å². The Morgan fingerprint density at radius 2 is 2.00 bits per heavy atom. The summed E-state index contributed by atoms with van der Waals surface area (Å²) in [6, 6.07) is 15.1. The van der Waals surface area contributed by atoms with Crippen molar-refractivity contribution in [2.24, 2.45) is 0 Å². The van der Waals surface area contributed by atoms with Gasteiger partial charge < -0.3 is 10.4 Å². The molecule has 0 aliphatic heterocycles. The average Bonchev–Trinajstić information content (AvgIpc) is 2.97. The number of carboxylic acids is 1. The zero-order valence-corrected chi connectivity index (χ0v) is 12.7. The van der Waals surface area contributed by atoms with E-state index in [-0.39, 0.29) is 5.56 Å². The number of rotatable bonds is 5. The molecule has 0 spiro atoms. The molecule has 1 heterocycles. The second kappa shape index (κ2) is 6.36. The molecule has 3 aromatic rings. The fourth-order valence-corrected chi connectivity index (χ4v) is 2.33. The van der Waals surface area contributed by atoms with Gasteiger partial charge >= 0.3 is 5.97 Å². The Morgan fingerprint density at radius 3 is 2.74 bits per heavy atom. The molecule has 3 rings (SSSR count). The third-order valence-corrected chi connectivity index (χ3v) is 3.58. The summed E-state index contributed by atoms with van der Waals surface area (Å²) in [7, 11) is 0. The number of nitrogens with zero attached hydrogens (tertiary/aromatic N) is 2. The van der Waals surface area contributed by atoms with Crippen LogP contribution in [0, 0.1) is 6.92 Å². The minimum absolute atomic E-state index is 0.259. The van der Waals surface area contributed by atoms with Crippen molar-refractivity contribution in [3.63, 3.8) is 0 Å². The SMILES string of the molecule is Cc1ccc(C(=O)O)cc1Nc1cnn(Cc2ccccc2)c1. The highest BCUT2D eigenvalue weighted by Gasteiger charge is 2.07. The summed E-state index contributed by atoms with van der Waals surface area (Å²) in [5.74, 6) is -0.937. The molecular weight excluding hydrogens is 290 g/mol. The maximum atomic E-state index is 11.1. The van der Waals surface area contributed by atoms with Crippen molar-refractivity contribution in [3.05, 3.63) is 77.6 Å². The summed E-state index contributed by atoms with van der Waals surface area (Å²) in [5.41, 5.74) is 4.00. The van der Waals surface area contributed by atoms with Crippen LogP contribution in [0.1, 0.15) is 21.5 Å². The quantitative estimate of drug-likeness (QED) is 0.754. The van der Waals surface area contributed by atoms with E-state index in [0.717, 1.165) is 16.9 Å². The Hall–Kier alpha value is -3.08. The molecule has 2 N–H and O–H groups in total. The molecule has 0 atom stereocenters. The zero-order chi connectivity index (χ0) is 16.2. The van der Waals surface area contributed by atoms with Gasteiger partial charge in [0, 0.05) is 11.9 Å². The fourth-order valence-electron chi connectivity index (χ4n) is 2.33. The Balaban J connectivity index is 1.77. The monoisotopic (exact) mass is 307 g/mol. The van der Waals surface area contributed by atoms with Crippen LogP contribution in [0.25, 0.3) is 0 Å². The summed E-state index contributed by atoms with van der Waals surface area (Å²) in [6.45, 7) is 2.62. The first-order chi connectivity index (χ1) is 11.1. The topological polar surface area (TPSA) is 67.2 Å². The third-order valence-electron chi connectivity index (χ3n) is 3.58. The van der Waals surface area contributed by atoms with Gasteiger partial charge in [0.25, 0.3) is 0 Å². The minimum atomic E-state index is -0.937. The van der Waals surface area contributed by atoms with Crippen LogP contribution in [0.15, 0.2) is 60.9 Å². The second-order valence-electron chi connectivity index (χ2n) is 5.37. The second-order valence-corrected chi connectivity index (χ2v) is 5.37. The molecule has 2 aromatic carbocycles. The number of anilines is 2. The molecule has 0 bridgehead atoms. The number of hydrogen-bond acceptors (Lipinski definition) is 3. The number of aromatic carboxylic acids is 1. The highest BCUT2D eigenvalue weighted by molar-refractivity contribution is 5.89. The molecule has 1 aromatic heterocycles. The Labute approximate surface area is 134 Å². The largest absolute Gasteiger partial charge is 0.478 e. The fraction of sp³-hybridized carbons (Fsp3) is 0.111. The lowest BCUT2D eigenvalue weighted by atomic mass is 10.1. The van der Waals surface area contributed by atoms with E-state index in [1.165, 1.54) is 5.56 Å². The van der Waals surface area contributed by atoms with Crippen molar-refractivity contribution in [1.29, 1.82) is 0 Å². The predicted octanol–water partition coefficient (Wildman–Crippen LogP) is 3.68. The van der Waals surface area contributed by atoms with E-state index in [2.05, 4.69) is 22.5 Å². The van der Waals surface area contributed by atoms with Crippen molar-refractivity contribution in [3.8, 4) is 0 Å². The summed E-state index contributed by atoms with van der Waals surface area (Å²) in [6.07, 6.45) is 3.63. The van der Waals surface area contributed by atoms with Crippen LogP contribution in [0.2, 0.25) is 0 Å². The Kier molecular flexibility index (Phi) is 4.10. The van der Waals surface area contributed by atoms with Gasteiger partial charge in [-0.3, -0.25) is 4.68 Å². The molecule has 5 heteroatoms. The van der Waals surface area contributed by atoms with Crippen LogP contribution in [0.5, 0.6) is 0 Å². The number of nitrogens with one attached hydrogen (secondary N) is 1. The van der Waals surface area contributed by atoms with Gasteiger partial charge in [-0.25, -0.2) is 4.79 Å².